The van der Waals surface area contributed by atoms with Crippen LogP contribution in [0, 0.1) is 11.3 Å². The third-order valence-corrected chi connectivity index (χ3v) is 2.75. The average Bonchev–Trinajstić information content (AvgIpc) is 2.02. The molecule has 1 saturated carbocycles. The Morgan fingerprint density at radius 2 is 2.00 bits per heavy atom. The fourth-order valence-electron chi connectivity index (χ4n) is 2.08. The van der Waals surface area contributed by atoms with E-state index in [1.54, 1.807) is 6.92 Å². The van der Waals surface area contributed by atoms with Crippen LogP contribution in [0.15, 0.2) is 0 Å². The first-order valence-electron chi connectivity index (χ1n) is 5.59. The lowest BCUT2D eigenvalue weighted by atomic mass is 9.73. The van der Waals surface area contributed by atoms with Crippen molar-refractivity contribution < 1.29 is 9.90 Å². The van der Waals surface area contributed by atoms with Crippen LogP contribution in [-0.4, -0.2) is 11.1 Å². The van der Waals surface area contributed by atoms with E-state index < -0.39 is 5.97 Å². The SMILES string of the molecule is CC1CCCC(C)(C)C1.CCC(=O)O. The Bertz CT molecular complexity index is 173. The third kappa shape index (κ3) is 6.93. The molecule has 1 rings (SSSR count). The summed E-state index contributed by atoms with van der Waals surface area (Å²) in [4.78, 5) is 9.37. The molecule has 1 fully saturated rings. The first kappa shape index (κ1) is 13.5. The van der Waals surface area contributed by atoms with Gasteiger partial charge in [-0.3, -0.25) is 4.79 Å². The molecule has 0 saturated heterocycles. The standard InChI is InChI=1S/C9H18.C3H6O2/c1-8-5-4-6-9(2,3)7-8;1-2-3(4)5/h8H,4-7H2,1-3H3;2H2,1H3,(H,4,5). The molecule has 0 radical (unpaired) electrons. The van der Waals surface area contributed by atoms with E-state index in [4.69, 9.17) is 5.11 Å². The van der Waals surface area contributed by atoms with E-state index in [0.29, 0.717) is 5.41 Å². The Morgan fingerprint density at radius 3 is 2.21 bits per heavy atom. The van der Waals surface area contributed by atoms with Crippen molar-refractivity contribution in [2.24, 2.45) is 11.3 Å². The quantitative estimate of drug-likeness (QED) is 0.700. The monoisotopic (exact) mass is 200 g/mol. The molecule has 0 heterocycles. The number of hydrogen-bond acceptors (Lipinski definition) is 1. The molecular weight excluding hydrogens is 176 g/mol. The van der Waals surface area contributed by atoms with Crippen molar-refractivity contribution in [3.8, 4) is 0 Å². The maximum absolute atomic E-state index is 9.37. The molecule has 0 spiro atoms. The lowest BCUT2D eigenvalue weighted by molar-refractivity contribution is -0.136. The van der Waals surface area contributed by atoms with Crippen molar-refractivity contribution in [1.29, 1.82) is 0 Å². The molecule has 2 nitrogen and oxygen atoms in total. The van der Waals surface area contributed by atoms with Crippen molar-refractivity contribution in [1.82, 2.24) is 0 Å². The first-order chi connectivity index (χ1) is 6.37. The summed E-state index contributed by atoms with van der Waals surface area (Å²) >= 11 is 0. The van der Waals surface area contributed by atoms with Gasteiger partial charge in [-0.25, -0.2) is 0 Å². The summed E-state index contributed by atoms with van der Waals surface area (Å²) in [6.07, 6.45) is 6.02. The summed E-state index contributed by atoms with van der Waals surface area (Å²) in [5.41, 5.74) is 0.650. The minimum Gasteiger partial charge on any atom is -0.481 e. The average molecular weight is 200 g/mol. The molecule has 0 aromatic heterocycles. The molecule has 0 aliphatic heterocycles. The maximum Gasteiger partial charge on any atom is 0.303 e. The maximum atomic E-state index is 9.37. The van der Waals surface area contributed by atoms with Gasteiger partial charge in [0.25, 0.3) is 0 Å². The molecule has 0 aromatic carbocycles. The van der Waals surface area contributed by atoms with Crippen LogP contribution < -0.4 is 0 Å². The fourth-order valence-corrected chi connectivity index (χ4v) is 2.08. The third-order valence-electron chi connectivity index (χ3n) is 2.75. The summed E-state index contributed by atoms with van der Waals surface area (Å²) in [7, 11) is 0. The molecule has 1 atom stereocenters. The van der Waals surface area contributed by atoms with Crippen LogP contribution in [0.3, 0.4) is 0 Å². The number of rotatable bonds is 1. The summed E-state index contributed by atoms with van der Waals surface area (Å²) in [6.45, 7) is 8.76. The van der Waals surface area contributed by atoms with Crippen LogP contribution in [0.4, 0.5) is 0 Å². The number of hydrogen-bond donors (Lipinski definition) is 1. The van der Waals surface area contributed by atoms with E-state index in [0.717, 1.165) is 5.92 Å². The van der Waals surface area contributed by atoms with Crippen molar-refractivity contribution >= 4 is 5.97 Å². The highest BCUT2D eigenvalue weighted by Crippen LogP contribution is 2.37. The molecular formula is C12H24O2. The zero-order chi connectivity index (χ0) is 11.2. The number of carbonyl (C=O) groups is 1. The van der Waals surface area contributed by atoms with Gasteiger partial charge in [0.1, 0.15) is 0 Å². The van der Waals surface area contributed by atoms with E-state index >= 15 is 0 Å². The molecule has 1 unspecified atom stereocenters. The molecule has 84 valence electrons. The van der Waals surface area contributed by atoms with Crippen molar-refractivity contribution in [3.05, 3.63) is 0 Å². The Morgan fingerprint density at radius 1 is 1.50 bits per heavy atom. The van der Waals surface area contributed by atoms with Crippen LogP contribution in [0.5, 0.6) is 0 Å². The highest BCUT2D eigenvalue weighted by Gasteiger charge is 2.24. The van der Waals surface area contributed by atoms with Gasteiger partial charge < -0.3 is 5.11 Å². The summed E-state index contributed by atoms with van der Waals surface area (Å²) in [6, 6.07) is 0. The molecule has 0 aromatic rings. The zero-order valence-electron chi connectivity index (χ0n) is 9.97. The topological polar surface area (TPSA) is 37.3 Å². The first-order valence-corrected chi connectivity index (χ1v) is 5.59. The van der Waals surface area contributed by atoms with Crippen LogP contribution in [0.2, 0.25) is 0 Å². The molecule has 1 N–H and O–H groups in total. The van der Waals surface area contributed by atoms with Crippen LogP contribution in [-0.2, 0) is 4.79 Å². The normalized spacial score (nSPS) is 24.7. The van der Waals surface area contributed by atoms with Crippen LogP contribution in [0.25, 0.3) is 0 Å². The minimum absolute atomic E-state index is 0.222. The molecule has 0 bridgehead atoms. The predicted molar refractivity (Wildman–Crippen MR) is 59.3 cm³/mol. The molecule has 0 amide bonds. The minimum atomic E-state index is -0.745. The highest BCUT2D eigenvalue weighted by molar-refractivity contribution is 5.66. The number of aliphatic carboxylic acids is 1. The van der Waals surface area contributed by atoms with Gasteiger partial charge in [0, 0.05) is 6.42 Å². The van der Waals surface area contributed by atoms with Crippen LogP contribution in [0.1, 0.15) is 59.8 Å². The fraction of sp³-hybridized carbons (Fsp3) is 0.917. The lowest BCUT2D eigenvalue weighted by Gasteiger charge is -2.33. The largest absolute Gasteiger partial charge is 0.481 e. The van der Waals surface area contributed by atoms with Gasteiger partial charge in [0.15, 0.2) is 0 Å². The van der Waals surface area contributed by atoms with Gasteiger partial charge in [-0.1, -0.05) is 40.5 Å². The van der Waals surface area contributed by atoms with E-state index in [9.17, 15) is 4.79 Å². The molecule has 14 heavy (non-hydrogen) atoms. The highest BCUT2D eigenvalue weighted by atomic mass is 16.4. The van der Waals surface area contributed by atoms with E-state index in [2.05, 4.69) is 20.8 Å². The van der Waals surface area contributed by atoms with Crippen LogP contribution >= 0.6 is 0 Å². The second-order valence-corrected chi connectivity index (χ2v) is 5.11. The van der Waals surface area contributed by atoms with Gasteiger partial charge in [-0.2, -0.15) is 0 Å². The Balaban J connectivity index is 0.000000292. The van der Waals surface area contributed by atoms with Crippen molar-refractivity contribution in [3.63, 3.8) is 0 Å². The van der Waals surface area contributed by atoms with Gasteiger partial charge in [-0.05, 0) is 24.2 Å². The van der Waals surface area contributed by atoms with E-state index in [-0.39, 0.29) is 6.42 Å². The summed E-state index contributed by atoms with van der Waals surface area (Å²) in [5, 5.41) is 7.72. The number of carboxylic acids is 1. The lowest BCUT2D eigenvalue weighted by Crippen LogP contribution is -2.20. The van der Waals surface area contributed by atoms with Crippen molar-refractivity contribution in [2.45, 2.75) is 59.8 Å². The van der Waals surface area contributed by atoms with Gasteiger partial charge in [0.05, 0.1) is 0 Å². The Hall–Kier alpha value is -0.530. The number of carboxylic acid groups (broad SMARTS) is 1. The smallest absolute Gasteiger partial charge is 0.303 e. The van der Waals surface area contributed by atoms with Gasteiger partial charge >= 0.3 is 5.97 Å². The summed E-state index contributed by atoms with van der Waals surface area (Å²) in [5.74, 6) is 0.235. The molecule has 1 aliphatic rings. The second kappa shape index (κ2) is 6.05. The molecule has 2 heteroatoms. The Kier molecular flexibility index (Phi) is 5.82. The van der Waals surface area contributed by atoms with E-state index in [1.807, 2.05) is 0 Å². The second-order valence-electron chi connectivity index (χ2n) is 5.11. The van der Waals surface area contributed by atoms with E-state index in [1.165, 1.54) is 25.7 Å². The summed E-state index contributed by atoms with van der Waals surface area (Å²) < 4.78 is 0. The van der Waals surface area contributed by atoms with Gasteiger partial charge in [-0.15, -0.1) is 0 Å². The predicted octanol–water partition coefficient (Wildman–Crippen LogP) is 3.70. The zero-order valence-corrected chi connectivity index (χ0v) is 9.97. The Labute approximate surface area is 87.7 Å². The van der Waals surface area contributed by atoms with Gasteiger partial charge in [0.2, 0.25) is 0 Å². The molecule has 1 aliphatic carbocycles. The van der Waals surface area contributed by atoms with Crippen molar-refractivity contribution in [2.75, 3.05) is 0 Å².